The van der Waals surface area contributed by atoms with E-state index in [9.17, 15) is 13.2 Å². The van der Waals surface area contributed by atoms with Gasteiger partial charge in [-0.25, -0.2) is 15.0 Å². The van der Waals surface area contributed by atoms with E-state index in [1.165, 1.54) is 13.4 Å². The Morgan fingerprint density at radius 3 is 2.60 bits per heavy atom. The Morgan fingerprint density at radius 1 is 1.13 bits per heavy atom. The molecule has 30 heavy (non-hydrogen) atoms. The summed E-state index contributed by atoms with van der Waals surface area (Å²) >= 11 is 0. The van der Waals surface area contributed by atoms with Crippen molar-refractivity contribution in [1.82, 2.24) is 19.5 Å². The third-order valence-corrected chi connectivity index (χ3v) is 4.43. The molecular formula is C21H17F3N4O2. The van der Waals surface area contributed by atoms with Crippen molar-refractivity contribution in [2.45, 2.75) is 19.5 Å². The average Bonchev–Trinajstić information content (AvgIpc) is 3.39. The number of nitrogens with zero attached hydrogens (tertiary/aromatic N) is 4. The van der Waals surface area contributed by atoms with Gasteiger partial charge in [0.05, 0.1) is 31.1 Å². The van der Waals surface area contributed by atoms with Gasteiger partial charge in [-0.3, -0.25) is 0 Å². The van der Waals surface area contributed by atoms with Gasteiger partial charge in [-0.2, -0.15) is 13.2 Å². The number of aryl methyl sites for hydroxylation is 1. The van der Waals surface area contributed by atoms with Gasteiger partial charge in [0.25, 0.3) is 0 Å². The highest BCUT2D eigenvalue weighted by atomic mass is 19.4. The number of methoxy groups -OCH3 is 1. The molecule has 6 nitrogen and oxygen atoms in total. The molecule has 0 aliphatic rings. The number of halogens is 3. The molecule has 0 bridgehead atoms. The molecule has 0 unspecified atom stereocenters. The SMILES string of the molecule is COc1cc(Cc2nc(-c3ccco3)cc(C(F)(F)F)n2)ccc1-n1cnc(C)c1. The molecule has 0 N–H and O–H groups in total. The Balaban J connectivity index is 1.71. The average molecular weight is 414 g/mol. The standard InChI is InChI=1S/C21H17F3N4O2/c1-13-11-28(12-25-13)16-6-5-14(8-18(16)29-2)9-20-26-15(17-4-3-7-30-17)10-19(27-20)21(22,23)24/h3-8,10-12H,9H2,1-2H3. The second kappa shape index (κ2) is 7.66. The van der Waals surface area contributed by atoms with Crippen LogP contribution in [0.25, 0.3) is 17.1 Å². The minimum atomic E-state index is -4.60. The molecule has 0 spiro atoms. The maximum absolute atomic E-state index is 13.3. The van der Waals surface area contributed by atoms with Crippen molar-refractivity contribution in [3.63, 3.8) is 0 Å². The number of rotatable bonds is 5. The Hall–Kier alpha value is -3.62. The molecule has 4 aromatic rings. The van der Waals surface area contributed by atoms with Gasteiger partial charge >= 0.3 is 6.18 Å². The van der Waals surface area contributed by atoms with E-state index < -0.39 is 11.9 Å². The molecule has 9 heteroatoms. The monoisotopic (exact) mass is 414 g/mol. The van der Waals surface area contributed by atoms with E-state index in [4.69, 9.17) is 9.15 Å². The number of furan rings is 1. The third-order valence-electron chi connectivity index (χ3n) is 4.43. The van der Waals surface area contributed by atoms with Gasteiger partial charge < -0.3 is 13.7 Å². The lowest BCUT2D eigenvalue weighted by Crippen LogP contribution is -2.12. The highest BCUT2D eigenvalue weighted by molar-refractivity contribution is 5.53. The van der Waals surface area contributed by atoms with Crippen LogP contribution in [-0.4, -0.2) is 26.6 Å². The molecule has 1 aromatic carbocycles. The lowest BCUT2D eigenvalue weighted by molar-refractivity contribution is -0.141. The first-order valence-electron chi connectivity index (χ1n) is 9.00. The third kappa shape index (κ3) is 4.05. The molecule has 0 aliphatic carbocycles. The number of hydrogen-bond acceptors (Lipinski definition) is 5. The number of imidazole rings is 1. The van der Waals surface area contributed by atoms with Crippen molar-refractivity contribution in [2.75, 3.05) is 7.11 Å². The van der Waals surface area contributed by atoms with Crippen LogP contribution < -0.4 is 4.74 Å². The summed E-state index contributed by atoms with van der Waals surface area (Å²) in [6, 6.07) is 9.39. The molecule has 0 amide bonds. The van der Waals surface area contributed by atoms with Crippen LogP contribution in [0.1, 0.15) is 22.8 Å². The molecule has 0 aliphatic heterocycles. The summed E-state index contributed by atoms with van der Waals surface area (Å²) in [5, 5.41) is 0. The summed E-state index contributed by atoms with van der Waals surface area (Å²) in [5.74, 6) is 0.834. The number of hydrogen-bond donors (Lipinski definition) is 0. The van der Waals surface area contributed by atoms with Gasteiger partial charge in [-0.05, 0) is 42.8 Å². The predicted octanol–water partition coefficient (Wildman–Crippen LogP) is 4.85. The Bertz CT molecular complexity index is 1170. The van der Waals surface area contributed by atoms with Crippen molar-refractivity contribution >= 4 is 0 Å². The first-order valence-corrected chi connectivity index (χ1v) is 9.00. The van der Waals surface area contributed by atoms with Crippen LogP contribution in [0.15, 0.2) is 59.6 Å². The summed E-state index contributed by atoms with van der Waals surface area (Å²) < 4.78 is 52.5. The van der Waals surface area contributed by atoms with Crippen LogP contribution in [0.5, 0.6) is 5.75 Å². The van der Waals surface area contributed by atoms with Gasteiger partial charge in [0.1, 0.15) is 23.0 Å². The van der Waals surface area contributed by atoms with Crippen LogP contribution in [0, 0.1) is 6.92 Å². The fourth-order valence-electron chi connectivity index (χ4n) is 3.05. The van der Waals surface area contributed by atoms with E-state index in [0.29, 0.717) is 11.3 Å². The summed E-state index contributed by atoms with van der Waals surface area (Å²) in [4.78, 5) is 12.2. The zero-order chi connectivity index (χ0) is 21.3. The van der Waals surface area contributed by atoms with Gasteiger partial charge in [0.2, 0.25) is 0 Å². The second-order valence-electron chi connectivity index (χ2n) is 6.64. The van der Waals surface area contributed by atoms with Gasteiger partial charge in [-0.15, -0.1) is 0 Å². The Morgan fingerprint density at radius 2 is 1.97 bits per heavy atom. The lowest BCUT2D eigenvalue weighted by Gasteiger charge is -2.12. The molecule has 3 heterocycles. The second-order valence-corrected chi connectivity index (χ2v) is 6.64. The Labute approximate surface area is 170 Å². The Kier molecular flexibility index (Phi) is 5.03. The summed E-state index contributed by atoms with van der Waals surface area (Å²) in [5.41, 5.74) is 1.38. The molecule has 0 saturated heterocycles. The number of benzene rings is 1. The zero-order valence-corrected chi connectivity index (χ0v) is 16.1. The van der Waals surface area contributed by atoms with Crippen LogP contribution in [0.3, 0.4) is 0 Å². The fourth-order valence-corrected chi connectivity index (χ4v) is 3.05. The quantitative estimate of drug-likeness (QED) is 0.467. The van der Waals surface area contributed by atoms with Crippen molar-refractivity contribution in [3.8, 4) is 22.9 Å². The summed E-state index contributed by atoms with van der Waals surface area (Å²) in [6.45, 7) is 1.87. The predicted molar refractivity (Wildman–Crippen MR) is 102 cm³/mol. The van der Waals surface area contributed by atoms with E-state index in [1.807, 2.05) is 23.8 Å². The van der Waals surface area contributed by atoms with Crippen LogP contribution in [0.2, 0.25) is 0 Å². The van der Waals surface area contributed by atoms with Crippen molar-refractivity contribution in [1.29, 1.82) is 0 Å². The van der Waals surface area contributed by atoms with Crippen molar-refractivity contribution in [3.05, 3.63) is 78.0 Å². The zero-order valence-electron chi connectivity index (χ0n) is 16.1. The number of aromatic nitrogens is 4. The molecule has 0 atom stereocenters. The van der Waals surface area contributed by atoms with Crippen LogP contribution in [-0.2, 0) is 12.6 Å². The first-order chi connectivity index (χ1) is 14.3. The molecule has 4 rings (SSSR count). The van der Waals surface area contributed by atoms with Crippen LogP contribution >= 0.6 is 0 Å². The normalized spacial score (nSPS) is 11.6. The largest absolute Gasteiger partial charge is 0.495 e. The molecule has 3 aromatic heterocycles. The maximum atomic E-state index is 13.3. The van der Waals surface area contributed by atoms with Gasteiger partial charge in [-0.1, -0.05) is 6.07 Å². The number of ether oxygens (including phenoxy) is 1. The molecule has 0 saturated carbocycles. The summed E-state index contributed by atoms with van der Waals surface area (Å²) in [6.07, 6.45) is 0.393. The highest BCUT2D eigenvalue weighted by Gasteiger charge is 2.34. The van der Waals surface area contributed by atoms with Gasteiger partial charge in [0, 0.05) is 12.6 Å². The van der Waals surface area contributed by atoms with Crippen molar-refractivity contribution < 1.29 is 22.3 Å². The van der Waals surface area contributed by atoms with E-state index in [1.54, 1.807) is 30.6 Å². The topological polar surface area (TPSA) is 66.0 Å². The molecule has 0 radical (unpaired) electrons. The van der Waals surface area contributed by atoms with E-state index >= 15 is 0 Å². The first kappa shape index (κ1) is 19.7. The minimum Gasteiger partial charge on any atom is -0.495 e. The highest BCUT2D eigenvalue weighted by Crippen LogP contribution is 2.31. The lowest BCUT2D eigenvalue weighted by atomic mass is 10.1. The van der Waals surface area contributed by atoms with E-state index in [0.717, 1.165) is 17.4 Å². The van der Waals surface area contributed by atoms with Gasteiger partial charge in [0.15, 0.2) is 5.76 Å². The van der Waals surface area contributed by atoms with E-state index in [2.05, 4.69) is 15.0 Å². The minimum absolute atomic E-state index is 0.0319. The molecular weight excluding hydrogens is 397 g/mol. The molecule has 0 fully saturated rings. The van der Waals surface area contributed by atoms with Crippen molar-refractivity contribution in [2.24, 2.45) is 0 Å². The fraction of sp³-hybridized carbons (Fsp3) is 0.190. The van der Waals surface area contributed by atoms with E-state index in [-0.39, 0.29) is 23.7 Å². The molecule has 154 valence electrons. The maximum Gasteiger partial charge on any atom is 0.433 e. The number of alkyl halides is 3. The van der Waals surface area contributed by atoms with Crippen LogP contribution in [0.4, 0.5) is 13.2 Å². The summed E-state index contributed by atoms with van der Waals surface area (Å²) in [7, 11) is 1.53. The smallest absolute Gasteiger partial charge is 0.433 e.